The molecule has 92 valence electrons. The van der Waals surface area contributed by atoms with Crippen LogP contribution in [0.25, 0.3) is 0 Å². The molecule has 0 saturated carbocycles. The Morgan fingerprint density at radius 2 is 1.33 bits per heavy atom. The van der Waals surface area contributed by atoms with Crippen molar-refractivity contribution >= 4 is 34.6 Å². The number of rotatable bonds is 3. The van der Waals surface area contributed by atoms with Crippen molar-refractivity contribution in [3.63, 3.8) is 0 Å². The fourth-order valence-electron chi connectivity index (χ4n) is 2.28. The number of nitrogens with zero attached hydrogens (tertiary/aromatic N) is 3. The van der Waals surface area contributed by atoms with Gasteiger partial charge < -0.3 is 17.6 Å². The molecule has 18 heavy (non-hydrogen) atoms. The Labute approximate surface area is 124 Å². The first-order chi connectivity index (χ1) is 8.25. The zero-order valence-electron chi connectivity index (χ0n) is 12.2. The summed E-state index contributed by atoms with van der Waals surface area (Å²) in [6, 6.07) is 0. The molecule has 3 aliphatic heterocycles. The average Bonchev–Trinajstić information content (AvgIpc) is 3.13. The molecule has 3 fully saturated rings. The van der Waals surface area contributed by atoms with E-state index in [0.29, 0.717) is 17.1 Å². The smallest absolute Gasteiger partial charge is 1.00 e. The van der Waals surface area contributed by atoms with Crippen molar-refractivity contribution in [3.05, 3.63) is 23.2 Å². The molecule has 0 aromatic heterocycles. The summed E-state index contributed by atoms with van der Waals surface area (Å²) in [5, 5.41) is 0. The van der Waals surface area contributed by atoms with Crippen LogP contribution in [0.4, 0.5) is 0 Å². The number of hydrogen-bond acceptors (Lipinski definition) is 5. The second-order valence-corrected chi connectivity index (χ2v) is 4.88. The Morgan fingerprint density at radius 3 is 1.83 bits per heavy atom. The molecule has 3 saturated heterocycles. The van der Waals surface area contributed by atoms with Crippen LogP contribution in [0.3, 0.4) is 0 Å². The van der Waals surface area contributed by atoms with Crippen LogP contribution in [0.2, 0.25) is 0 Å². The molecule has 6 heteroatoms. The van der Waals surface area contributed by atoms with Gasteiger partial charge in [-0.1, -0.05) is 0 Å². The molecule has 0 aromatic carbocycles. The largest absolute Gasteiger partial charge is 2.00 e. The Balaban J connectivity index is 0.000000667. The fourth-order valence-corrected chi connectivity index (χ4v) is 2.28. The first-order valence-electron chi connectivity index (χ1n) is 6.05. The summed E-state index contributed by atoms with van der Waals surface area (Å²) in [6.45, 7) is 5.41. The van der Waals surface area contributed by atoms with Crippen molar-refractivity contribution in [2.75, 3.05) is 39.3 Å². The van der Waals surface area contributed by atoms with Gasteiger partial charge in [0.05, 0.1) is 5.70 Å². The van der Waals surface area contributed by atoms with Crippen molar-refractivity contribution in [2.24, 2.45) is 0 Å². The van der Waals surface area contributed by atoms with Gasteiger partial charge in [-0.25, -0.2) is 0 Å². The van der Waals surface area contributed by atoms with Crippen LogP contribution in [0.5, 0.6) is 0 Å². The van der Waals surface area contributed by atoms with Gasteiger partial charge in [0.15, 0.2) is 0 Å². The zero-order chi connectivity index (χ0) is 11.6. The Kier molecular flexibility index (Phi) is 2.67. The zero-order valence-corrected chi connectivity index (χ0v) is 11.6. The van der Waals surface area contributed by atoms with E-state index >= 15 is 0 Å². The van der Waals surface area contributed by atoms with Crippen LogP contribution in [0, 0.1) is 0 Å². The predicted molar refractivity (Wildman–Crippen MR) is 67.8 cm³/mol. The van der Waals surface area contributed by atoms with Gasteiger partial charge >= 0.3 is 23.1 Å². The Hall–Kier alpha value is -1.01. The van der Waals surface area contributed by atoms with E-state index in [2.05, 4.69) is 0 Å². The Morgan fingerprint density at radius 1 is 0.833 bits per heavy atom. The number of Topliss-reactive ketones (excluding diaryl/α,β-unsaturated/α-hetero) is 1. The third-order valence-electron chi connectivity index (χ3n) is 3.49. The van der Waals surface area contributed by atoms with Crippen LogP contribution in [0.15, 0.2) is 23.2 Å². The van der Waals surface area contributed by atoms with E-state index in [0.717, 1.165) is 39.3 Å². The maximum absolute atomic E-state index is 12.4. The van der Waals surface area contributed by atoms with E-state index in [4.69, 9.17) is 0 Å². The molecule has 4 rings (SSSR count). The molecule has 3 heterocycles. The predicted octanol–water partition coefficient (Wildman–Crippen LogP) is -0.975. The third-order valence-corrected chi connectivity index (χ3v) is 3.49. The van der Waals surface area contributed by atoms with E-state index in [9.17, 15) is 9.59 Å². The fraction of sp³-hybridized carbons (Fsp3) is 0.500. The molecule has 0 spiro atoms. The summed E-state index contributed by atoms with van der Waals surface area (Å²) in [5.41, 5.74) is 1.89. The molecule has 0 unspecified atom stereocenters. The molecule has 0 aromatic rings. The van der Waals surface area contributed by atoms with Crippen LogP contribution in [-0.4, -0.2) is 88.6 Å². The molecule has 0 bridgehead atoms. The monoisotopic (exact) mass is 257 g/mol. The number of hydrogen-bond donors (Lipinski definition) is 0. The van der Waals surface area contributed by atoms with Gasteiger partial charge in [-0.15, -0.1) is 0 Å². The molecule has 0 atom stereocenters. The minimum Gasteiger partial charge on any atom is -1.00 e. The van der Waals surface area contributed by atoms with Crippen LogP contribution >= 0.6 is 0 Å². The minimum absolute atomic E-state index is 0. The summed E-state index contributed by atoms with van der Waals surface area (Å²) < 4.78 is 0. The summed E-state index contributed by atoms with van der Waals surface area (Å²) in [7, 11) is 0. The number of allylic oxidation sites excluding steroid dienone is 1. The van der Waals surface area contributed by atoms with Crippen molar-refractivity contribution < 1.29 is 12.4 Å². The van der Waals surface area contributed by atoms with E-state index < -0.39 is 0 Å². The summed E-state index contributed by atoms with van der Waals surface area (Å²) in [4.78, 5) is 30.5. The first-order valence-corrected chi connectivity index (χ1v) is 6.05. The van der Waals surface area contributed by atoms with Crippen LogP contribution in [-0.2, 0) is 9.59 Å². The molecule has 1 aliphatic carbocycles. The van der Waals surface area contributed by atoms with Gasteiger partial charge in [0.2, 0.25) is 11.6 Å². The van der Waals surface area contributed by atoms with Crippen molar-refractivity contribution in [1.29, 1.82) is 0 Å². The van der Waals surface area contributed by atoms with Gasteiger partial charge in [-0.2, -0.15) is 0 Å². The van der Waals surface area contributed by atoms with Gasteiger partial charge in [0, 0.05) is 45.3 Å². The quantitative estimate of drug-likeness (QED) is 0.370. The summed E-state index contributed by atoms with van der Waals surface area (Å²) >= 11 is 0. The van der Waals surface area contributed by atoms with Gasteiger partial charge in [0.25, 0.3) is 0 Å². The summed E-state index contributed by atoms with van der Waals surface area (Å²) in [6.07, 6.45) is 1.52. The van der Waals surface area contributed by atoms with E-state index in [-0.39, 0.29) is 37.5 Å². The molecule has 5 nitrogen and oxygen atoms in total. The standard InChI is InChI=1S/C12H13N3O2.Mg.2H/c16-9-7-8(13-1-2-13)12(17)11(15-5-6-15)10(9)14-3-4-14;;;/h7H,1-6H2;;;/q;+2;2*-1. The molecule has 0 radical (unpaired) electrons. The van der Waals surface area contributed by atoms with E-state index in [1.54, 1.807) is 0 Å². The molecule has 4 aliphatic rings. The first kappa shape index (κ1) is 12.0. The second kappa shape index (κ2) is 3.99. The van der Waals surface area contributed by atoms with Crippen molar-refractivity contribution in [2.45, 2.75) is 0 Å². The van der Waals surface area contributed by atoms with E-state index in [1.165, 1.54) is 6.08 Å². The average molecular weight is 258 g/mol. The SMILES string of the molecule is O=C1C=C(N2CC2)C(=O)C(N2CC2)=C1N1CC1.[H-].[H-].[Mg+2]. The maximum atomic E-state index is 12.4. The molecule has 0 amide bonds. The Bertz CT molecular complexity index is 509. The van der Waals surface area contributed by atoms with Gasteiger partial charge in [0.1, 0.15) is 11.4 Å². The minimum atomic E-state index is 0. The number of carbonyl (C=O) groups is 2. The van der Waals surface area contributed by atoms with Crippen LogP contribution in [0.1, 0.15) is 2.85 Å². The summed E-state index contributed by atoms with van der Waals surface area (Å²) in [5.74, 6) is 0.0485. The van der Waals surface area contributed by atoms with E-state index in [1.807, 2.05) is 14.7 Å². The topological polar surface area (TPSA) is 43.2 Å². The molecule has 0 N–H and O–H groups in total. The van der Waals surface area contributed by atoms with Gasteiger partial charge in [-0.3, -0.25) is 9.59 Å². The number of carbonyl (C=O) groups excluding carboxylic acids is 2. The van der Waals surface area contributed by atoms with Crippen molar-refractivity contribution in [1.82, 2.24) is 14.7 Å². The second-order valence-electron chi connectivity index (χ2n) is 4.88. The molecular weight excluding hydrogens is 242 g/mol. The normalized spacial score (nSPS) is 25.1. The third kappa shape index (κ3) is 1.83. The van der Waals surface area contributed by atoms with Crippen LogP contribution < -0.4 is 0 Å². The van der Waals surface area contributed by atoms with Crippen molar-refractivity contribution in [3.8, 4) is 0 Å². The number of ketones is 2. The van der Waals surface area contributed by atoms with Gasteiger partial charge in [-0.05, 0) is 0 Å². The molecular formula is C12H15MgN3O2. The maximum Gasteiger partial charge on any atom is 2.00 e.